The van der Waals surface area contributed by atoms with Crippen LogP contribution in [0.1, 0.15) is 97.8 Å². The lowest BCUT2D eigenvalue weighted by molar-refractivity contribution is -0.170. The van der Waals surface area contributed by atoms with E-state index in [-0.39, 0.29) is 61.8 Å². The summed E-state index contributed by atoms with van der Waals surface area (Å²) in [5.41, 5.74) is -0.138. The number of aliphatic hydroxyl groups is 1. The molecule has 0 heterocycles. The number of hydrogen-bond donors (Lipinski definition) is 7. The van der Waals surface area contributed by atoms with Gasteiger partial charge in [0, 0.05) is 45.1 Å². The smallest absolute Gasteiger partial charge is 0.320 e. The molecule has 0 bridgehead atoms. The Morgan fingerprint density at radius 1 is 0.741 bits per heavy atom. The molecule has 0 aromatic carbocycles. The van der Waals surface area contributed by atoms with Crippen LogP contribution < -0.4 is 5.32 Å². The van der Waals surface area contributed by atoms with E-state index in [1.807, 2.05) is 0 Å². The predicted octanol–water partition coefficient (Wildman–Crippen LogP) is 2.19. The van der Waals surface area contributed by atoms with E-state index in [9.17, 15) is 64.2 Å². The third-order valence-electron chi connectivity index (χ3n) is 14.8. The van der Waals surface area contributed by atoms with Crippen molar-refractivity contribution in [2.45, 2.75) is 116 Å². The van der Waals surface area contributed by atoms with E-state index in [4.69, 9.17) is 0 Å². The van der Waals surface area contributed by atoms with Gasteiger partial charge in [-0.15, -0.1) is 0 Å². The van der Waals surface area contributed by atoms with Crippen molar-refractivity contribution < 1.29 is 64.2 Å². The van der Waals surface area contributed by atoms with Crippen LogP contribution in [0.2, 0.25) is 0 Å². The van der Waals surface area contributed by atoms with Crippen LogP contribution in [0.3, 0.4) is 0 Å². The van der Waals surface area contributed by atoms with Gasteiger partial charge in [0.25, 0.3) is 0 Å². The van der Waals surface area contributed by atoms with Crippen LogP contribution in [0.4, 0.5) is 0 Å². The Hall–Kier alpha value is -3.67. The lowest BCUT2D eigenvalue weighted by Crippen LogP contribution is -2.59. The zero-order chi connectivity index (χ0) is 42.9. The molecule has 4 fully saturated rings. The molecule has 58 heavy (non-hydrogen) atoms. The summed E-state index contributed by atoms with van der Waals surface area (Å²) in [6, 6.07) is -1.40. The van der Waals surface area contributed by atoms with Crippen molar-refractivity contribution >= 4 is 42.0 Å². The number of rotatable bonds is 24. The molecule has 4 aliphatic rings. The van der Waals surface area contributed by atoms with Crippen molar-refractivity contribution in [3.63, 3.8) is 0 Å². The molecule has 17 heteroatoms. The topological polar surface area (TPSA) is 263 Å². The number of aliphatic hydroxyl groups excluding tert-OH is 1. The van der Waals surface area contributed by atoms with E-state index in [0.29, 0.717) is 41.9 Å². The Balaban J connectivity index is 1.39. The highest BCUT2D eigenvalue weighted by Crippen LogP contribution is 2.68. The number of amides is 1. The molecule has 0 spiro atoms. The van der Waals surface area contributed by atoms with Gasteiger partial charge in [0.2, 0.25) is 5.91 Å². The molecule has 328 valence electrons. The maximum Gasteiger partial charge on any atom is 0.320 e. The fourth-order valence-electron chi connectivity index (χ4n) is 12.0. The van der Waals surface area contributed by atoms with Crippen LogP contribution >= 0.6 is 0 Å². The molecule has 4 saturated carbocycles. The van der Waals surface area contributed by atoms with Crippen LogP contribution in [0.25, 0.3) is 0 Å². The van der Waals surface area contributed by atoms with Gasteiger partial charge in [-0.1, -0.05) is 20.8 Å². The van der Waals surface area contributed by atoms with Gasteiger partial charge in [0.1, 0.15) is 12.3 Å². The SMILES string of the molecule is CC(CCC=O)[C@H]1CCC2C3CC[C@@H]4C[C@@H](NC(=O)CC[C@@H](C(=O)O)N(CCN(CC(=O)O)CC(=O)O)CCN(CC(=O)O)CC(=O)O)CC[C@]4(C)C3C[C@H](O)[C@@]21C. The van der Waals surface area contributed by atoms with Crippen molar-refractivity contribution in [2.24, 2.45) is 46.3 Å². The molecule has 7 N–H and O–H groups in total. The first kappa shape index (κ1) is 47.0. The fourth-order valence-corrected chi connectivity index (χ4v) is 12.0. The van der Waals surface area contributed by atoms with Crippen LogP contribution in [0, 0.1) is 46.3 Å². The van der Waals surface area contributed by atoms with Gasteiger partial charge in [-0.2, -0.15) is 0 Å². The second-order valence-corrected chi connectivity index (χ2v) is 18.1. The number of hydrogen-bond acceptors (Lipinski definition) is 11. The Morgan fingerprint density at radius 2 is 1.31 bits per heavy atom. The molecule has 0 aliphatic heterocycles. The van der Waals surface area contributed by atoms with Crippen molar-refractivity contribution in [2.75, 3.05) is 52.4 Å². The van der Waals surface area contributed by atoms with Crippen LogP contribution in [-0.4, -0.2) is 158 Å². The average molecular weight is 823 g/mol. The fraction of sp³-hybridized carbons (Fsp3) is 0.829. The van der Waals surface area contributed by atoms with Crippen LogP contribution in [0.15, 0.2) is 0 Å². The zero-order valence-electron chi connectivity index (χ0n) is 34.3. The molecular formula is C41H66N4O13. The average Bonchev–Trinajstić information content (AvgIpc) is 3.49. The van der Waals surface area contributed by atoms with E-state index in [0.717, 1.165) is 73.9 Å². The predicted molar refractivity (Wildman–Crippen MR) is 209 cm³/mol. The number of fused-ring (bicyclic) bond motifs is 5. The largest absolute Gasteiger partial charge is 0.480 e. The van der Waals surface area contributed by atoms with Gasteiger partial charge in [-0.25, -0.2) is 0 Å². The Morgan fingerprint density at radius 3 is 1.83 bits per heavy atom. The zero-order valence-corrected chi connectivity index (χ0v) is 34.3. The van der Waals surface area contributed by atoms with Crippen LogP contribution in [-0.2, 0) is 33.6 Å². The highest BCUT2D eigenvalue weighted by Gasteiger charge is 2.63. The minimum Gasteiger partial charge on any atom is -0.480 e. The van der Waals surface area contributed by atoms with Gasteiger partial charge in [0.15, 0.2) is 0 Å². The number of nitrogens with zero attached hydrogens (tertiary/aromatic N) is 3. The first-order valence-electron chi connectivity index (χ1n) is 21.0. The van der Waals surface area contributed by atoms with E-state index >= 15 is 0 Å². The number of carbonyl (C=O) groups excluding carboxylic acids is 2. The first-order chi connectivity index (χ1) is 27.3. The summed E-state index contributed by atoms with van der Waals surface area (Å²) in [6.45, 7) is 3.75. The molecule has 0 aromatic heterocycles. The van der Waals surface area contributed by atoms with Gasteiger partial charge in [-0.3, -0.25) is 43.5 Å². The standard InChI is InChI=1S/C41H66N4O13/c1-25(5-4-18-46)29-8-9-30-28-7-6-26-19-27(12-13-40(26,2)31(28)20-33(47)41(29,30)3)42-34(48)11-10-32(39(57)58)45(16-14-43(21-35(49)50)22-36(51)52)17-15-44(23-37(53)54)24-38(55)56/h18,25-33,47H,4-17,19-24H2,1-3H3,(H,42,48)(H,49,50)(H,51,52)(H,53,54)(H,55,56)(H,57,58)/t25?,26-,27+,28?,29-,30?,31?,32+,33+,40+,41-/m1/s1. The van der Waals surface area contributed by atoms with E-state index < -0.39 is 68.2 Å². The minimum atomic E-state index is -1.30. The summed E-state index contributed by atoms with van der Waals surface area (Å²) in [5.74, 6) is -4.29. The summed E-state index contributed by atoms with van der Waals surface area (Å²) in [7, 11) is 0. The van der Waals surface area contributed by atoms with Gasteiger partial charge in [0.05, 0.1) is 32.3 Å². The molecule has 0 radical (unpaired) electrons. The maximum atomic E-state index is 13.4. The molecule has 17 nitrogen and oxygen atoms in total. The highest BCUT2D eigenvalue weighted by atomic mass is 16.4. The summed E-state index contributed by atoms with van der Waals surface area (Å²) in [6.07, 6.45) is 9.18. The molecule has 4 unspecified atom stereocenters. The Labute approximate surface area is 340 Å². The summed E-state index contributed by atoms with van der Waals surface area (Å²) in [4.78, 5) is 86.4. The van der Waals surface area contributed by atoms with Crippen LogP contribution in [0.5, 0.6) is 0 Å². The van der Waals surface area contributed by atoms with Gasteiger partial charge in [-0.05, 0) is 111 Å². The van der Waals surface area contributed by atoms with Gasteiger partial charge >= 0.3 is 29.8 Å². The number of nitrogens with one attached hydrogen (secondary N) is 1. The lowest BCUT2D eigenvalue weighted by Gasteiger charge is -2.62. The molecular weight excluding hydrogens is 756 g/mol. The summed E-state index contributed by atoms with van der Waals surface area (Å²) < 4.78 is 0. The minimum absolute atomic E-state index is 0.0207. The van der Waals surface area contributed by atoms with E-state index in [1.165, 1.54) is 4.90 Å². The molecule has 11 atom stereocenters. The third kappa shape index (κ3) is 11.5. The Kier molecular flexibility index (Phi) is 16.6. The van der Waals surface area contributed by atoms with Crippen molar-refractivity contribution in [3.05, 3.63) is 0 Å². The van der Waals surface area contributed by atoms with Crippen molar-refractivity contribution in [3.8, 4) is 0 Å². The molecule has 1 amide bonds. The van der Waals surface area contributed by atoms with Crippen molar-refractivity contribution in [1.82, 2.24) is 20.0 Å². The molecule has 4 rings (SSSR count). The van der Waals surface area contributed by atoms with Gasteiger partial charge < -0.3 is 40.8 Å². The maximum absolute atomic E-state index is 13.4. The normalized spacial score (nSPS) is 31.5. The van der Waals surface area contributed by atoms with E-state index in [2.05, 4.69) is 26.1 Å². The quantitative estimate of drug-likeness (QED) is 0.0688. The second-order valence-electron chi connectivity index (χ2n) is 18.1. The summed E-state index contributed by atoms with van der Waals surface area (Å²) in [5, 5.41) is 62.5. The number of carboxylic acid groups (broad SMARTS) is 5. The number of carbonyl (C=O) groups is 7. The van der Waals surface area contributed by atoms with E-state index in [1.54, 1.807) is 0 Å². The third-order valence-corrected chi connectivity index (χ3v) is 14.8. The lowest BCUT2D eigenvalue weighted by atomic mass is 9.43. The van der Waals surface area contributed by atoms with Crippen molar-refractivity contribution in [1.29, 1.82) is 0 Å². The molecule has 4 aliphatic carbocycles. The second kappa shape index (κ2) is 20.5. The number of aldehydes is 1. The monoisotopic (exact) mass is 822 g/mol. The number of aliphatic carboxylic acids is 5. The Bertz CT molecular complexity index is 1430. The first-order valence-corrected chi connectivity index (χ1v) is 21.0. The summed E-state index contributed by atoms with van der Waals surface area (Å²) >= 11 is 0. The molecule has 0 saturated heterocycles. The highest BCUT2D eigenvalue weighted by molar-refractivity contribution is 5.79. The molecule has 0 aromatic rings. The number of carboxylic acids is 5.